The van der Waals surface area contributed by atoms with Crippen LogP contribution in [-0.4, -0.2) is 42.0 Å². The Labute approximate surface area is 142 Å². The summed E-state index contributed by atoms with van der Waals surface area (Å²) in [5, 5.41) is 10.6. The number of anilines is 1. The van der Waals surface area contributed by atoms with Gasteiger partial charge in [0.1, 0.15) is 11.9 Å². The number of aromatic nitrogens is 1. The maximum absolute atomic E-state index is 11.6. The second-order valence-corrected chi connectivity index (χ2v) is 6.47. The number of nitrogens with zero attached hydrogens (tertiary/aromatic N) is 4. The predicted octanol–water partition coefficient (Wildman–Crippen LogP) is 2.78. The lowest BCUT2D eigenvalue weighted by Crippen LogP contribution is -2.34. The van der Waals surface area contributed by atoms with E-state index in [1.165, 1.54) is 5.56 Å². The molecule has 0 atom stereocenters. The zero-order valence-electron chi connectivity index (χ0n) is 14.5. The molecule has 1 aromatic carbocycles. The molecule has 0 radical (unpaired) electrons. The molecule has 0 aliphatic carbocycles. The fourth-order valence-corrected chi connectivity index (χ4v) is 3.39. The number of aryl methyl sites for hydroxylation is 2. The Kier molecular flexibility index (Phi) is 4.39. The van der Waals surface area contributed by atoms with Crippen molar-refractivity contribution in [2.45, 2.75) is 27.2 Å². The Morgan fingerprint density at radius 1 is 1.17 bits per heavy atom. The van der Waals surface area contributed by atoms with Crippen LogP contribution in [0, 0.1) is 25.2 Å². The molecule has 1 aliphatic heterocycles. The molecule has 124 valence electrons. The van der Waals surface area contributed by atoms with E-state index in [-0.39, 0.29) is 5.91 Å². The molecular formula is C19H22N4O. The molecule has 1 aliphatic rings. The van der Waals surface area contributed by atoms with Crippen molar-refractivity contribution in [3.05, 3.63) is 34.9 Å². The molecule has 3 rings (SSSR count). The quantitative estimate of drug-likeness (QED) is 0.810. The van der Waals surface area contributed by atoms with Gasteiger partial charge >= 0.3 is 0 Å². The van der Waals surface area contributed by atoms with Crippen LogP contribution >= 0.6 is 0 Å². The third kappa shape index (κ3) is 3.05. The molecule has 0 spiro atoms. The van der Waals surface area contributed by atoms with Gasteiger partial charge in [-0.25, -0.2) is 4.98 Å². The Balaban J connectivity index is 2.02. The summed E-state index contributed by atoms with van der Waals surface area (Å²) in [6, 6.07) is 8.42. The average Bonchev–Trinajstić information content (AvgIpc) is 2.79. The summed E-state index contributed by atoms with van der Waals surface area (Å²) in [6.07, 6.45) is 0.886. The van der Waals surface area contributed by atoms with Crippen LogP contribution in [-0.2, 0) is 4.79 Å². The van der Waals surface area contributed by atoms with Crippen molar-refractivity contribution in [1.82, 2.24) is 9.88 Å². The predicted molar refractivity (Wildman–Crippen MR) is 95.0 cm³/mol. The summed E-state index contributed by atoms with van der Waals surface area (Å²) in [6.45, 7) is 8.67. The number of rotatable bonds is 1. The number of hydrogen-bond donors (Lipinski definition) is 0. The van der Waals surface area contributed by atoms with Gasteiger partial charge in [-0.05, 0) is 43.5 Å². The zero-order chi connectivity index (χ0) is 17.3. The van der Waals surface area contributed by atoms with Gasteiger partial charge in [0.15, 0.2) is 0 Å². The molecule has 0 bridgehead atoms. The number of hydrogen-bond acceptors (Lipinski definition) is 4. The van der Waals surface area contributed by atoms with Crippen molar-refractivity contribution >= 4 is 22.6 Å². The highest BCUT2D eigenvalue weighted by molar-refractivity contribution is 5.86. The molecule has 5 heteroatoms. The lowest BCUT2D eigenvalue weighted by Gasteiger charge is -2.23. The molecule has 1 amide bonds. The van der Waals surface area contributed by atoms with Crippen molar-refractivity contribution < 1.29 is 4.79 Å². The van der Waals surface area contributed by atoms with E-state index >= 15 is 0 Å². The van der Waals surface area contributed by atoms with Gasteiger partial charge in [-0.15, -0.1) is 0 Å². The molecule has 0 saturated carbocycles. The minimum absolute atomic E-state index is 0.107. The Hall–Kier alpha value is -2.61. The summed E-state index contributed by atoms with van der Waals surface area (Å²) in [5.74, 6) is 0.843. The second kappa shape index (κ2) is 6.48. The van der Waals surface area contributed by atoms with E-state index in [1.807, 2.05) is 11.0 Å². The summed E-state index contributed by atoms with van der Waals surface area (Å²) >= 11 is 0. The fraction of sp³-hybridized carbons (Fsp3) is 0.421. The van der Waals surface area contributed by atoms with Crippen molar-refractivity contribution in [2.75, 3.05) is 31.1 Å². The van der Waals surface area contributed by atoms with Crippen molar-refractivity contribution in [2.24, 2.45) is 0 Å². The second-order valence-electron chi connectivity index (χ2n) is 6.47. The van der Waals surface area contributed by atoms with Crippen LogP contribution < -0.4 is 4.90 Å². The van der Waals surface area contributed by atoms with E-state index in [4.69, 9.17) is 4.98 Å². The van der Waals surface area contributed by atoms with Crippen LogP contribution in [0.4, 0.5) is 5.82 Å². The van der Waals surface area contributed by atoms with Crippen LogP contribution in [0.1, 0.15) is 30.0 Å². The number of fused-ring (bicyclic) bond motifs is 1. The zero-order valence-corrected chi connectivity index (χ0v) is 14.5. The maximum atomic E-state index is 11.6. The fourth-order valence-electron chi connectivity index (χ4n) is 3.39. The van der Waals surface area contributed by atoms with E-state index < -0.39 is 0 Å². The standard InChI is InChI=1S/C19H22N4O/c1-13-9-14(2)17-11-16(12-20)19(21-18(17)10-13)23-6-4-5-22(7-8-23)15(3)24/h9-11H,4-8H2,1-3H3. The van der Waals surface area contributed by atoms with Crippen molar-refractivity contribution in [3.8, 4) is 6.07 Å². The van der Waals surface area contributed by atoms with Crippen LogP contribution in [0.3, 0.4) is 0 Å². The molecule has 24 heavy (non-hydrogen) atoms. The Bertz CT molecular complexity index is 837. The molecule has 0 unspecified atom stereocenters. The van der Waals surface area contributed by atoms with Gasteiger partial charge in [-0.3, -0.25) is 4.79 Å². The summed E-state index contributed by atoms with van der Waals surface area (Å²) in [7, 11) is 0. The van der Waals surface area contributed by atoms with Gasteiger partial charge in [0.05, 0.1) is 11.1 Å². The lowest BCUT2D eigenvalue weighted by atomic mass is 10.0. The van der Waals surface area contributed by atoms with Gasteiger partial charge in [-0.2, -0.15) is 5.26 Å². The largest absolute Gasteiger partial charge is 0.354 e. The molecule has 0 N–H and O–H groups in total. The number of carbonyl (C=O) groups excluding carboxylic acids is 1. The molecule has 1 fully saturated rings. The van der Waals surface area contributed by atoms with Crippen LogP contribution in [0.25, 0.3) is 10.9 Å². The van der Waals surface area contributed by atoms with Crippen LogP contribution in [0.5, 0.6) is 0 Å². The first-order valence-corrected chi connectivity index (χ1v) is 8.32. The number of pyridine rings is 1. The van der Waals surface area contributed by atoms with Crippen molar-refractivity contribution in [3.63, 3.8) is 0 Å². The van der Waals surface area contributed by atoms with Gasteiger partial charge in [-0.1, -0.05) is 6.07 Å². The third-order valence-corrected chi connectivity index (χ3v) is 4.63. The first-order chi connectivity index (χ1) is 11.5. The highest BCUT2D eigenvalue weighted by Gasteiger charge is 2.20. The van der Waals surface area contributed by atoms with Crippen LogP contribution in [0.2, 0.25) is 0 Å². The number of carbonyl (C=O) groups is 1. The molecule has 1 saturated heterocycles. The SMILES string of the molecule is CC(=O)N1CCCN(c2nc3cc(C)cc(C)c3cc2C#N)CC1. The minimum atomic E-state index is 0.107. The first-order valence-electron chi connectivity index (χ1n) is 8.32. The van der Waals surface area contributed by atoms with Crippen LogP contribution in [0.15, 0.2) is 18.2 Å². The van der Waals surface area contributed by atoms with Gasteiger partial charge < -0.3 is 9.80 Å². The van der Waals surface area contributed by atoms with E-state index in [9.17, 15) is 10.1 Å². The molecule has 1 aromatic heterocycles. The normalized spacial score (nSPS) is 15.2. The summed E-state index contributed by atoms with van der Waals surface area (Å²) < 4.78 is 0. The highest BCUT2D eigenvalue weighted by Crippen LogP contribution is 2.27. The third-order valence-electron chi connectivity index (χ3n) is 4.63. The maximum Gasteiger partial charge on any atom is 0.219 e. The average molecular weight is 322 g/mol. The summed E-state index contributed by atoms with van der Waals surface area (Å²) in [5.41, 5.74) is 3.83. The number of benzene rings is 1. The minimum Gasteiger partial charge on any atom is -0.354 e. The van der Waals surface area contributed by atoms with E-state index in [0.717, 1.165) is 41.8 Å². The molecular weight excluding hydrogens is 300 g/mol. The lowest BCUT2D eigenvalue weighted by molar-refractivity contribution is -0.128. The Morgan fingerprint density at radius 2 is 1.96 bits per heavy atom. The smallest absolute Gasteiger partial charge is 0.219 e. The number of amides is 1. The topological polar surface area (TPSA) is 60.2 Å². The highest BCUT2D eigenvalue weighted by atomic mass is 16.2. The molecule has 5 nitrogen and oxygen atoms in total. The first kappa shape index (κ1) is 16.3. The summed E-state index contributed by atoms with van der Waals surface area (Å²) in [4.78, 5) is 20.4. The molecule has 2 aromatic rings. The van der Waals surface area contributed by atoms with Gasteiger partial charge in [0.2, 0.25) is 5.91 Å². The van der Waals surface area contributed by atoms with E-state index in [2.05, 4.69) is 36.9 Å². The van der Waals surface area contributed by atoms with E-state index in [0.29, 0.717) is 18.7 Å². The Morgan fingerprint density at radius 3 is 2.67 bits per heavy atom. The van der Waals surface area contributed by atoms with Crippen molar-refractivity contribution in [1.29, 1.82) is 5.26 Å². The number of nitriles is 1. The monoisotopic (exact) mass is 322 g/mol. The van der Waals surface area contributed by atoms with Gasteiger partial charge in [0, 0.05) is 38.5 Å². The van der Waals surface area contributed by atoms with E-state index in [1.54, 1.807) is 6.92 Å². The molecule has 2 heterocycles. The van der Waals surface area contributed by atoms with Gasteiger partial charge in [0.25, 0.3) is 0 Å².